The average molecular weight is 264 g/mol. The van der Waals surface area contributed by atoms with Crippen LogP contribution in [0.4, 0.5) is 4.39 Å². The van der Waals surface area contributed by atoms with Crippen LogP contribution < -0.4 is 5.32 Å². The van der Waals surface area contributed by atoms with Gasteiger partial charge in [0, 0.05) is 24.7 Å². The van der Waals surface area contributed by atoms with Gasteiger partial charge >= 0.3 is 0 Å². The highest BCUT2D eigenvalue weighted by atomic mass is 19.1. The lowest BCUT2D eigenvalue weighted by Crippen LogP contribution is -2.24. The number of hydrogen-bond donors (Lipinski definition) is 1. The van der Waals surface area contributed by atoms with Crippen LogP contribution in [-0.2, 0) is 13.1 Å². The topological polar surface area (TPSA) is 15.3 Å². The Labute approximate surface area is 116 Å². The number of benzene rings is 1. The van der Waals surface area contributed by atoms with Gasteiger partial charge in [0.05, 0.1) is 0 Å². The van der Waals surface area contributed by atoms with Crippen molar-refractivity contribution in [2.75, 3.05) is 13.1 Å². The maximum absolute atomic E-state index is 13.9. The van der Waals surface area contributed by atoms with Crippen LogP contribution in [0.5, 0.6) is 0 Å². The summed E-state index contributed by atoms with van der Waals surface area (Å²) >= 11 is 0. The van der Waals surface area contributed by atoms with Crippen LogP contribution in [0.1, 0.15) is 44.2 Å². The van der Waals surface area contributed by atoms with Gasteiger partial charge in [-0.05, 0) is 44.0 Å². The summed E-state index contributed by atoms with van der Waals surface area (Å²) in [6, 6.07) is 6.22. The van der Waals surface area contributed by atoms with E-state index in [-0.39, 0.29) is 5.82 Å². The van der Waals surface area contributed by atoms with Crippen molar-refractivity contribution in [3.05, 3.63) is 35.1 Å². The minimum absolute atomic E-state index is 0.0790. The molecule has 2 nitrogen and oxygen atoms in total. The summed E-state index contributed by atoms with van der Waals surface area (Å²) in [5.74, 6) is -0.0790. The van der Waals surface area contributed by atoms with Crippen LogP contribution in [0, 0.1) is 5.82 Å². The molecule has 2 rings (SSSR count). The van der Waals surface area contributed by atoms with Gasteiger partial charge in [-0.15, -0.1) is 0 Å². The molecule has 1 aliphatic rings. The molecule has 0 aliphatic heterocycles. The minimum Gasteiger partial charge on any atom is -0.310 e. The minimum atomic E-state index is -0.0790. The molecule has 1 fully saturated rings. The molecule has 0 atom stereocenters. The normalized spacial score (nSPS) is 15.2. The molecule has 0 radical (unpaired) electrons. The fourth-order valence-electron chi connectivity index (χ4n) is 2.31. The molecule has 1 aromatic carbocycles. The molecule has 0 spiro atoms. The molecule has 1 N–H and O–H groups in total. The van der Waals surface area contributed by atoms with E-state index in [0.29, 0.717) is 12.6 Å². The zero-order valence-corrected chi connectivity index (χ0v) is 12.1. The van der Waals surface area contributed by atoms with Crippen molar-refractivity contribution in [2.24, 2.45) is 0 Å². The molecule has 0 bridgehead atoms. The maximum Gasteiger partial charge on any atom is 0.127 e. The monoisotopic (exact) mass is 264 g/mol. The van der Waals surface area contributed by atoms with Crippen LogP contribution in [0.25, 0.3) is 0 Å². The van der Waals surface area contributed by atoms with Crippen molar-refractivity contribution in [3.63, 3.8) is 0 Å². The van der Waals surface area contributed by atoms with Gasteiger partial charge in [-0.1, -0.05) is 26.0 Å². The van der Waals surface area contributed by atoms with Crippen molar-refractivity contribution in [1.82, 2.24) is 10.2 Å². The first kappa shape index (κ1) is 14.5. The molecule has 106 valence electrons. The van der Waals surface area contributed by atoms with Gasteiger partial charge in [0.25, 0.3) is 0 Å². The first-order valence-corrected chi connectivity index (χ1v) is 7.46. The Hall–Kier alpha value is -0.930. The van der Waals surface area contributed by atoms with Gasteiger partial charge in [0.15, 0.2) is 0 Å². The number of nitrogens with one attached hydrogen (secondary N) is 1. The van der Waals surface area contributed by atoms with Gasteiger partial charge in [0.1, 0.15) is 5.82 Å². The zero-order chi connectivity index (χ0) is 13.7. The number of hydrogen-bond acceptors (Lipinski definition) is 2. The Kier molecular flexibility index (Phi) is 5.34. The molecule has 0 unspecified atom stereocenters. The second-order valence-corrected chi connectivity index (χ2v) is 5.45. The lowest BCUT2D eigenvalue weighted by molar-refractivity contribution is 0.276. The number of halogens is 1. The molecule has 0 saturated heterocycles. The SMILES string of the molecule is CCCN(CC)Cc1cc(CNC2CC2)ccc1F. The van der Waals surface area contributed by atoms with E-state index in [1.807, 2.05) is 12.1 Å². The molecule has 1 aliphatic carbocycles. The first-order valence-electron chi connectivity index (χ1n) is 7.46. The predicted octanol–water partition coefficient (Wildman–Crippen LogP) is 3.31. The Morgan fingerprint density at radius 1 is 1.32 bits per heavy atom. The van der Waals surface area contributed by atoms with E-state index in [1.54, 1.807) is 6.07 Å². The molecule has 1 aromatic rings. The smallest absolute Gasteiger partial charge is 0.127 e. The van der Waals surface area contributed by atoms with Crippen molar-refractivity contribution >= 4 is 0 Å². The van der Waals surface area contributed by atoms with Gasteiger partial charge in [-0.2, -0.15) is 0 Å². The van der Waals surface area contributed by atoms with E-state index >= 15 is 0 Å². The van der Waals surface area contributed by atoms with Crippen molar-refractivity contribution < 1.29 is 4.39 Å². The van der Waals surface area contributed by atoms with E-state index in [1.165, 1.54) is 18.4 Å². The molecule has 3 heteroatoms. The maximum atomic E-state index is 13.9. The van der Waals surface area contributed by atoms with E-state index < -0.39 is 0 Å². The Morgan fingerprint density at radius 2 is 2.11 bits per heavy atom. The third kappa shape index (κ3) is 4.59. The standard InChI is InChI=1S/C16H25FN2/c1-3-9-19(4-2)12-14-10-13(5-8-16(14)17)11-18-15-6-7-15/h5,8,10,15,18H,3-4,6-7,9,11-12H2,1-2H3. The van der Waals surface area contributed by atoms with Gasteiger partial charge in [0.2, 0.25) is 0 Å². The van der Waals surface area contributed by atoms with Gasteiger partial charge < -0.3 is 5.32 Å². The predicted molar refractivity (Wildman–Crippen MR) is 77.5 cm³/mol. The van der Waals surface area contributed by atoms with Crippen molar-refractivity contribution in [2.45, 2.75) is 52.2 Å². The summed E-state index contributed by atoms with van der Waals surface area (Å²) in [7, 11) is 0. The highest BCUT2D eigenvalue weighted by Crippen LogP contribution is 2.20. The summed E-state index contributed by atoms with van der Waals surface area (Å²) in [6.07, 6.45) is 3.68. The number of rotatable bonds is 8. The third-order valence-corrected chi connectivity index (χ3v) is 3.66. The molecular formula is C16H25FN2. The van der Waals surface area contributed by atoms with Gasteiger partial charge in [-0.3, -0.25) is 4.90 Å². The van der Waals surface area contributed by atoms with E-state index in [2.05, 4.69) is 24.1 Å². The summed E-state index contributed by atoms with van der Waals surface area (Å²) in [5.41, 5.74) is 2.02. The zero-order valence-electron chi connectivity index (χ0n) is 12.1. The highest BCUT2D eigenvalue weighted by molar-refractivity contribution is 5.25. The van der Waals surface area contributed by atoms with Crippen LogP contribution in [-0.4, -0.2) is 24.0 Å². The summed E-state index contributed by atoms with van der Waals surface area (Å²) in [5, 5.41) is 3.48. The fourth-order valence-corrected chi connectivity index (χ4v) is 2.31. The van der Waals surface area contributed by atoms with E-state index in [9.17, 15) is 4.39 Å². The molecule has 1 saturated carbocycles. The number of nitrogens with zero attached hydrogens (tertiary/aromatic N) is 1. The average Bonchev–Trinajstić information content (AvgIpc) is 3.23. The van der Waals surface area contributed by atoms with Crippen LogP contribution >= 0.6 is 0 Å². The lowest BCUT2D eigenvalue weighted by atomic mass is 10.1. The Morgan fingerprint density at radius 3 is 2.74 bits per heavy atom. The second-order valence-electron chi connectivity index (χ2n) is 5.45. The first-order chi connectivity index (χ1) is 9.22. The van der Waals surface area contributed by atoms with Gasteiger partial charge in [-0.25, -0.2) is 4.39 Å². The summed E-state index contributed by atoms with van der Waals surface area (Å²) < 4.78 is 13.9. The van der Waals surface area contributed by atoms with Crippen LogP contribution in [0.3, 0.4) is 0 Å². The second kappa shape index (κ2) is 7.01. The Balaban J connectivity index is 1.98. The van der Waals surface area contributed by atoms with Crippen LogP contribution in [0.15, 0.2) is 18.2 Å². The third-order valence-electron chi connectivity index (χ3n) is 3.66. The molecule has 0 heterocycles. The molecular weight excluding hydrogens is 239 g/mol. The van der Waals surface area contributed by atoms with Crippen LogP contribution in [0.2, 0.25) is 0 Å². The molecule has 0 aromatic heterocycles. The molecule has 0 amide bonds. The summed E-state index contributed by atoms with van der Waals surface area (Å²) in [6.45, 7) is 7.87. The van der Waals surface area contributed by atoms with Crippen molar-refractivity contribution in [1.29, 1.82) is 0 Å². The fraction of sp³-hybridized carbons (Fsp3) is 0.625. The summed E-state index contributed by atoms with van der Waals surface area (Å²) in [4.78, 5) is 2.29. The highest BCUT2D eigenvalue weighted by Gasteiger charge is 2.20. The molecule has 19 heavy (non-hydrogen) atoms. The van der Waals surface area contributed by atoms with E-state index in [4.69, 9.17) is 0 Å². The largest absolute Gasteiger partial charge is 0.310 e. The van der Waals surface area contributed by atoms with E-state index in [0.717, 1.165) is 31.6 Å². The quantitative estimate of drug-likeness (QED) is 0.775. The lowest BCUT2D eigenvalue weighted by Gasteiger charge is -2.20. The Bertz CT molecular complexity index is 402. The van der Waals surface area contributed by atoms with Crippen molar-refractivity contribution in [3.8, 4) is 0 Å².